The van der Waals surface area contributed by atoms with Crippen molar-refractivity contribution in [3.63, 3.8) is 0 Å². The van der Waals surface area contributed by atoms with Crippen molar-refractivity contribution in [1.29, 1.82) is 0 Å². The summed E-state index contributed by atoms with van der Waals surface area (Å²) < 4.78 is 5.10. The van der Waals surface area contributed by atoms with Gasteiger partial charge in [0.1, 0.15) is 11.6 Å². The maximum atomic E-state index is 11.8. The monoisotopic (exact) mass is 311 g/mol. The highest BCUT2D eigenvalue weighted by Gasteiger charge is 2.27. The highest BCUT2D eigenvalue weighted by Crippen LogP contribution is 2.24. The second-order valence-corrected chi connectivity index (χ2v) is 7.26. The molecular weight excluding hydrogens is 286 g/mol. The van der Waals surface area contributed by atoms with Crippen molar-refractivity contribution >= 4 is 12.1 Å². The lowest BCUT2D eigenvalue weighted by Crippen LogP contribution is -2.44. The van der Waals surface area contributed by atoms with Crippen LogP contribution in [0.15, 0.2) is 6.20 Å². The Morgan fingerprint density at radius 1 is 1.32 bits per heavy atom. The fraction of sp³-hybridized carbons (Fsp3) is 0.667. The maximum absolute atomic E-state index is 11.8. The van der Waals surface area contributed by atoms with E-state index in [9.17, 15) is 14.7 Å². The minimum atomic E-state index is -1.12. The number of aliphatic carboxylic acids is 1. The first-order valence-electron chi connectivity index (χ1n) is 7.15. The summed E-state index contributed by atoms with van der Waals surface area (Å²) in [6.45, 7) is 11.2. The van der Waals surface area contributed by atoms with Crippen LogP contribution in [0.1, 0.15) is 52.8 Å². The number of aromatic amines is 1. The zero-order valence-corrected chi connectivity index (χ0v) is 14.0. The third kappa shape index (κ3) is 5.38. The zero-order chi connectivity index (χ0) is 17.1. The van der Waals surface area contributed by atoms with Crippen LogP contribution in [0.4, 0.5) is 4.79 Å². The van der Waals surface area contributed by atoms with E-state index in [0.29, 0.717) is 0 Å². The highest BCUT2D eigenvalue weighted by atomic mass is 16.6. The van der Waals surface area contributed by atoms with Gasteiger partial charge in [-0.3, -0.25) is 5.10 Å². The first-order valence-corrected chi connectivity index (χ1v) is 7.15. The average molecular weight is 311 g/mol. The molecule has 1 aromatic heterocycles. The number of hydrogen-bond acceptors (Lipinski definition) is 4. The molecule has 7 nitrogen and oxygen atoms in total. The van der Waals surface area contributed by atoms with Gasteiger partial charge in [-0.15, -0.1) is 0 Å². The van der Waals surface area contributed by atoms with Gasteiger partial charge in [-0.25, -0.2) is 9.59 Å². The normalized spacial score (nSPS) is 13.5. The molecule has 0 fully saturated rings. The SMILES string of the molecule is CC(C)(C)OC(=O)NC(Cc1cn[nH]c1C(C)(C)C)C(=O)O. The number of ether oxygens (including phenoxy) is 1. The predicted octanol–water partition coefficient (Wildman–Crippen LogP) is 2.23. The lowest BCUT2D eigenvalue weighted by molar-refractivity contribution is -0.139. The molecule has 0 aliphatic heterocycles. The van der Waals surface area contributed by atoms with Gasteiger partial charge in [-0.05, 0) is 26.3 Å². The van der Waals surface area contributed by atoms with Crippen molar-refractivity contribution in [2.75, 3.05) is 0 Å². The number of nitrogens with zero attached hydrogens (tertiary/aromatic N) is 1. The lowest BCUT2D eigenvalue weighted by Gasteiger charge is -2.23. The number of H-pyrrole nitrogens is 1. The Morgan fingerprint density at radius 3 is 2.36 bits per heavy atom. The maximum Gasteiger partial charge on any atom is 0.408 e. The highest BCUT2D eigenvalue weighted by molar-refractivity contribution is 5.80. The topological polar surface area (TPSA) is 104 Å². The largest absolute Gasteiger partial charge is 0.480 e. The molecule has 7 heteroatoms. The van der Waals surface area contributed by atoms with Crippen LogP contribution in [0.3, 0.4) is 0 Å². The smallest absolute Gasteiger partial charge is 0.408 e. The Balaban J connectivity index is 2.84. The molecule has 1 heterocycles. The number of alkyl carbamates (subject to hydrolysis) is 1. The van der Waals surface area contributed by atoms with Crippen LogP contribution in [-0.2, 0) is 21.4 Å². The van der Waals surface area contributed by atoms with Crippen molar-refractivity contribution in [3.8, 4) is 0 Å². The van der Waals surface area contributed by atoms with Crippen LogP contribution in [-0.4, -0.2) is 39.0 Å². The summed E-state index contributed by atoms with van der Waals surface area (Å²) in [6.07, 6.45) is 0.978. The van der Waals surface area contributed by atoms with Gasteiger partial charge >= 0.3 is 12.1 Å². The van der Waals surface area contributed by atoms with E-state index in [2.05, 4.69) is 15.5 Å². The van der Waals surface area contributed by atoms with Crippen LogP contribution in [0.25, 0.3) is 0 Å². The number of carboxylic acids is 1. The third-order valence-electron chi connectivity index (χ3n) is 2.88. The molecule has 1 rings (SSSR count). The summed E-state index contributed by atoms with van der Waals surface area (Å²) >= 11 is 0. The van der Waals surface area contributed by atoms with Gasteiger partial charge < -0.3 is 15.2 Å². The summed E-state index contributed by atoms with van der Waals surface area (Å²) in [5.41, 5.74) is 0.737. The molecule has 1 aromatic rings. The second-order valence-electron chi connectivity index (χ2n) is 7.26. The van der Waals surface area contributed by atoms with Gasteiger partial charge in [0.15, 0.2) is 0 Å². The Morgan fingerprint density at radius 2 is 1.91 bits per heavy atom. The van der Waals surface area contributed by atoms with Crippen LogP contribution in [0.2, 0.25) is 0 Å². The molecule has 1 atom stereocenters. The van der Waals surface area contributed by atoms with Gasteiger partial charge in [0.2, 0.25) is 0 Å². The van der Waals surface area contributed by atoms with E-state index in [0.717, 1.165) is 11.3 Å². The Bertz CT molecular complexity index is 538. The summed E-state index contributed by atoms with van der Waals surface area (Å²) in [5, 5.41) is 18.6. The van der Waals surface area contributed by atoms with E-state index in [4.69, 9.17) is 4.74 Å². The van der Waals surface area contributed by atoms with Crippen molar-refractivity contribution in [3.05, 3.63) is 17.5 Å². The zero-order valence-electron chi connectivity index (χ0n) is 14.0. The second kappa shape index (κ2) is 6.37. The van der Waals surface area contributed by atoms with E-state index in [1.165, 1.54) is 0 Å². The quantitative estimate of drug-likeness (QED) is 0.791. The Kier molecular flexibility index (Phi) is 5.22. The van der Waals surface area contributed by atoms with Gasteiger partial charge in [-0.1, -0.05) is 20.8 Å². The minimum Gasteiger partial charge on any atom is -0.480 e. The Hall–Kier alpha value is -2.05. The molecule has 3 N–H and O–H groups in total. The summed E-state index contributed by atoms with van der Waals surface area (Å²) in [5.74, 6) is -1.12. The van der Waals surface area contributed by atoms with Crippen molar-refractivity contribution in [2.45, 2.75) is 65.0 Å². The molecule has 0 bridgehead atoms. The number of hydrogen-bond donors (Lipinski definition) is 3. The molecule has 0 aliphatic carbocycles. The van der Waals surface area contributed by atoms with Crippen molar-refractivity contribution < 1.29 is 19.4 Å². The number of carbonyl (C=O) groups is 2. The lowest BCUT2D eigenvalue weighted by atomic mass is 9.88. The standard InChI is InChI=1S/C15H25N3O4/c1-14(2,3)11-9(8-16-18-11)7-10(12(19)20)17-13(21)22-15(4,5)6/h8,10H,7H2,1-6H3,(H,16,18)(H,17,21)(H,19,20). The number of rotatable bonds is 4. The summed E-state index contributed by atoms with van der Waals surface area (Å²) in [4.78, 5) is 23.2. The average Bonchev–Trinajstić information content (AvgIpc) is 2.73. The summed E-state index contributed by atoms with van der Waals surface area (Å²) in [7, 11) is 0. The molecule has 1 unspecified atom stereocenters. The van der Waals surface area contributed by atoms with Gasteiger partial charge in [-0.2, -0.15) is 5.10 Å². The molecule has 0 saturated carbocycles. The molecule has 0 spiro atoms. The molecule has 1 amide bonds. The number of carboxylic acid groups (broad SMARTS) is 1. The first-order chi connectivity index (χ1) is 9.90. The molecular formula is C15H25N3O4. The number of carbonyl (C=O) groups excluding carboxylic acids is 1. The van der Waals surface area contributed by atoms with E-state index < -0.39 is 23.7 Å². The predicted molar refractivity (Wildman–Crippen MR) is 81.8 cm³/mol. The summed E-state index contributed by atoms with van der Waals surface area (Å²) in [6, 6.07) is -1.08. The fourth-order valence-corrected chi connectivity index (χ4v) is 1.99. The fourth-order valence-electron chi connectivity index (χ4n) is 1.99. The minimum absolute atomic E-state index is 0.137. The van der Waals surface area contributed by atoms with Gasteiger partial charge in [0, 0.05) is 17.5 Å². The number of nitrogens with one attached hydrogen (secondary N) is 2. The van der Waals surface area contributed by atoms with E-state index in [-0.39, 0.29) is 11.8 Å². The molecule has 124 valence electrons. The van der Waals surface area contributed by atoms with Crippen molar-refractivity contribution in [1.82, 2.24) is 15.5 Å². The molecule has 0 aliphatic rings. The molecule has 0 radical (unpaired) electrons. The van der Waals surface area contributed by atoms with Crippen LogP contribution < -0.4 is 5.32 Å². The third-order valence-corrected chi connectivity index (χ3v) is 2.88. The van der Waals surface area contributed by atoms with E-state index in [1.807, 2.05) is 20.8 Å². The Labute approximate surface area is 130 Å². The van der Waals surface area contributed by atoms with Crippen molar-refractivity contribution in [2.24, 2.45) is 0 Å². The van der Waals surface area contributed by atoms with Crippen LogP contribution in [0.5, 0.6) is 0 Å². The molecule has 0 saturated heterocycles. The van der Waals surface area contributed by atoms with Crippen LogP contribution in [0, 0.1) is 0 Å². The van der Waals surface area contributed by atoms with Gasteiger partial charge in [0.25, 0.3) is 0 Å². The first kappa shape index (κ1) is 18.0. The molecule has 22 heavy (non-hydrogen) atoms. The molecule has 0 aromatic carbocycles. The van der Waals surface area contributed by atoms with E-state index >= 15 is 0 Å². The number of aromatic nitrogens is 2. The van der Waals surface area contributed by atoms with E-state index in [1.54, 1.807) is 27.0 Å². The van der Waals surface area contributed by atoms with Crippen LogP contribution >= 0.6 is 0 Å². The van der Waals surface area contributed by atoms with Gasteiger partial charge in [0.05, 0.1) is 6.20 Å². The number of amides is 1.